The van der Waals surface area contributed by atoms with Gasteiger partial charge in [-0.2, -0.15) is 0 Å². The first kappa shape index (κ1) is 17.2. The van der Waals surface area contributed by atoms with Crippen LogP contribution < -0.4 is 4.74 Å². The number of ketones is 1. The normalized spacial score (nSPS) is 15.8. The number of hydrogen-bond acceptors (Lipinski definition) is 3. The lowest BCUT2D eigenvalue weighted by Crippen LogP contribution is -2.35. The summed E-state index contributed by atoms with van der Waals surface area (Å²) in [7, 11) is 1.64. The highest BCUT2D eigenvalue weighted by Crippen LogP contribution is 2.35. The Hall–Kier alpha value is -2.62. The van der Waals surface area contributed by atoms with E-state index in [1.54, 1.807) is 7.11 Å². The Labute approximate surface area is 148 Å². The van der Waals surface area contributed by atoms with Crippen molar-refractivity contribution in [3.05, 3.63) is 65.2 Å². The maximum Gasteiger partial charge on any atom is 0.230 e. The van der Waals surface area contributed by atoms with Crippen LogP contribution in [0.15, 0.2) is 48.5 Å². The second-order valence-corrected chi connectivity index (χ2v) is 6.34. The summed E-state index contributed by atoms with van der Waals surface area (Å²) in [5, 5.41) is 0. The number of rotatable bonds is 6. The summed E-state index contributed by atoms with van der Waals surface area (Å²) in [4.78, 5) is 27.3. The molecule has 0 radical (unpaired) electrons. The van der Waals surface area contributed by atoms with Crippen molar-refractivity contribution in [1.82, 2.24) is 4.90 Å². The Balaban J connectivity index is 1.86. The number of carbonyl (C=O) groups is 2. The van der Waals surface area contributed by atoms with Crippen molar-refractivity contribution in [3.63, 3.8) is 0 Å². The third-order valence-corrected chi connectivity index (χ3v) is 4.68. The summed E-state index contributed by atoms with van der Waals surface area (Å²) in [6, 6.07) is 15.2. The number of carbonyl (C=O) groups excluding carboxylic acids is 2. The maximum absolute atomic E-state index is 13.2. The molecule has 1 atom stereocenters. The lowest BCUT2D eigenvalue weighted by Gasteiger charge is -2.26. The van der Waals surface area contributed by atoms with Crippen molar-refractivity contribution in [2.24, 2.45) is 0 Å². The molecular formula is C21H23NO3. The average Bonchev–Trinajstić information content (AvgIpc) is 2.98. The van der Waals surface area contributed by atoms with E-state index >= 15 is 0 Å². The number of nitrogens with zero attached hydrogens (tertiary/aromatic N) is 1. The van der Waals surface area contributed by atoms with Gasteiger partial charge in [0.05, 0.1) is 13.0 Å². The van der Waals surface area contributed by atoms with Gasteiger partial charge in [-0.15, -0.1) is 0 Å². The molecule has 0 saturated carbocycles. The topological polar surface area (TPSA) is 46.6 Å². The predicted molar refractivity (Wildman–Crippen MR) is 96.8 cm³/mol. The number of methoxy groups -OCH3 is 1. The Morgan fingerprint density at radius 2 is 1.88 bits per heavy atom. The summed E-state index contributed by atoms with van der Waals surface area (Å²) in [6.07, 6.45) is 1.13. The van der Waals surface area contributed by atoms with E-state index in [2.05, 4.69) is 6.92 Å². The van der Waals surface area contributed by atoms with E-state index in [-0.39, 0.29) is 24.0 Å². The first-order valence-corrected chi connectivity index (χ1v) is 8.68. The van der Waals surface area contributed by atoms with Gasteiger partial charge in [-0.25, -0.2) is 0 Å². The smallest absolute Gasteiger partial charge is 0.230 e. The van der Waals surface area contributed by atoms with Gasteiger partial charge in [0, 0.05) is 30.6 Å². The van der Waals surface area contributed by atoms with Crippen LogP contribution in [0.5, 0.6) is 5.75 Å². The number of Topliss-reactive ketones (excluding diaryl/α,β-unsaturated/α-hetero) is 1. The number of para-hydroxylation sites is 1. The third-order valence-electron chi connectivity index (χ3n) is 4.68. The van der Waals surface area contributed by atoms with E-state index in [9.17, 15) is 9.59 Å². The van der Waals surface area contributed by atoms with E-state index in [1.165, 1.54) is 0 Å². The lowest BCUT2D eigenvalue weighted by atomic mass is 9.99. The minimum absolute atomic E-state index is 0.0195. The van der Waals surface area contributed by atoms with E-state index in [0.717, 1.165) is 23.3 Å². The van der Waals surface area contributed by atoms with Gasteiger partial charge in [0.2, 0.25) is 5.91 Å². The molecule has 0 heterocycles. The van der Waals surface area contributed by atoms with Crippen molar-refractivity contribution >= 4 is 11.7 Å². The average molecular weight is 337 g/mol. The van der Waals surface area contributed by atoms with Gasteiger partial charge in [-0.05, 0) is 18.1 Å². The van der Waals surface area contributed by atoms with Crippen LogP contribution in [-0.4, -0.2) is 30.2 Å². The molecule has 1 unspecified atom stereocenters. The molecule has 4 heteroatoms. The molecular weight excluding hydrogens is 314 g/mol. The fourth-order valence-electron chi connectivity index (χ4n) is 3.48. The van der Waals surface area contributed by atoms with Crippen molar-refractivity contribution in [2.75, 3.05) is 13.7 Å². The molecule has 2 aromatic rings. The van der Waals surface area contributed by atoms with Crippen molar-refractivity contribution in [1.29, 1.82) is 0 Å². The van der Waals surface area contributed by atoms with Crippen molar-refractivity contribution < 1.29 is 14.3 Å². The molecule has 0 N–H and O–H groups in total. The molecule has 0 saturated heterocycles. The number of ether oxygens (including phenoxy) is 1. The van der Waals surface area contributed by atoms with E-state index in [4.69, 9.17) is 4.74 Å². The molecule has 4 nitrogen and oxygen atoms in total. The molecule has 0 bridgehead atoms. The molecule has 25 heavy (non-hydrogen) atoms. The molecule has 1 aliphatic rings. The third kappa shape index (κ3) is 3.43. The SMILES string of the molecule is CCCN(Cc1ccccc1OC)C(=O)C1CC(=O)c2ccccc21. The molecule has 0 aliphatic heterocycles. The van der Waals surface area contributed by atoms with Crippen LogP contribution in [0.2, 0.25) is 0 Å². The van der Waals surface area contributed by atoms with E-state index in [1.807, 2.05) is 53.4 Å². The van der Waals surface area contributed by atoms with Crippen LogP contribution in [-0.2, 0) is 11.3 Å². The second-order valence-electron chi connectivity index (χ2n) is 6.34. The molecule has 3 rings (SSSR count). The highest BCUT2D eigenvalue weighted by Gasteiger charge is 2.36. The van der Waals surface area contributed by atoms with Gasteiger partial charge in [0.25, 0.3) is 0 Å². The minimum Gasteiger partial charge on any atom is -0.496 e. The fourth-order valence-corrected chi connectivity index (χ4v) is 3.48. The molecule has 0 aromatic heterocycles. The maximum atomic E-state index is 13.2. The minimum atomic E-state index is -0.370. The molecule has 130 valence electrons. The number of benzene rings is 2. The highest BCUT2D eigenvalue weighted by atomic mass is 16.5. The van der Waals surface area contributed by atoms with Gasteiger partial charge in [-0.3, -0.25) is 9.59 Å². The van der Waals surface area contributed by atoms with Crippen molar-refractivity contribution in [3.8, 4) is 5.75 Å². The van der Waals surface area contributed by atoms with Gasteiger partial charge >= 0.3 is 0 Å². The summed E-state index contributed by atoms with van der Waals surface area (Å²) >= 11 is 0. The van der Waals surface area contributed by atoms with Gasteiger partial charge in [-0.1, -0.05) is 49.4 Å². The monoisotopic (exact) mass is 337 g/mol. The van der Waals surface area contributed by atoms with Crippen LogP contribution in [0.25, 0.3) is 0 Å². The molecule has 0 spiro atoms. The lowest BCUT2D eigenvalue weighted by molar-refractivity contribution is -0.133. The first-order chi connectivity index (χ1) is 12.2. The summed E-state index contributed by atoms with van der Waals surface area (Å²) in [5.41, 5.74) is 2.53. The quantitative estimate of drug-likeness (QED) is 0.805. The number of hydrogen-bond donors (Lipinski definition) is 0. The molecule has 1 aliphatic carbocycles. The number of fused-ring (bicyclic) bond motifs is 1. The Kier molecular flexibility index (Phi) is 5.17. The Morgan fingerprint density at radius 3 is 2.64 bits per heavy atom. The zero-order valence-electron chi connectivity index (χ0n) is 14.7. The van der Waals surface area contributed by atoms with Crippen molar-refractivity contribution in [2.45, 2.75) is 32.2 Å². The van der Waals surface area contributed by atoms with E-state index in [0.29, 0.717) is 18.7 Å². The Morgan fingerprint density at radius 1 is 1.16 bits per heavy atom. The zero-order valence-corrected chi connectivity index (χ0v) is 14.7. The van der Waals surface area contributed by atoms with Crippen LogP contribution in [0, 0.1) is 0 Å². The Bertz CT molecular complexity index is 784. The number of amides is 1. The summed E-state index contributed by atoms with van der Waals surface area (Å²) in [6.45, 7) is 3.20. The standard InChI is InChI=1S/C21H23NO3/c1-3-12-22(14-15-8-4-7-11-20(15)25-2)21(24)18-13-19(23)17-10-6-5-9-16(17)18/h4-11,18H,3,12-14H2,1-2H3. The summed E-state index contributed by atoms with van der Waals surface area (Å²) < 4.78 is 5.41. The summed E-state index contributed by atoms with van der Waals surface area (Å²) in [5.74, 6) is 0.484. The first-order valence-electron chi connectivity index (χ1n) is 8.68. The molecule has 2 aromatic carbocycles. The van der Waals surface area contributed by atoms with Crippen LogP contribution in [0.3, 0.4) is 0 Å². The highest BCUT2D eigenvalue weighted by molar-refractivity contribution is 6.06. The van der Waals surface area contributed by atoms with Gasteiger partial charge in [0.1, 0.15) is 5.75 Å². The van der Waals surface area contributed by atoms with Crippen LogP contribution >= 0.6 is 0 Å². The predicted octanol–water partition coefficient (Wildman–Crippen LogP) is 3.80. The van der Waals surface area contributed by atoms with Gasteiger partial charge in [0.15, 0.2) is 5.78 Å². The van der Waals surface area contributed by atoms with Gasteiger partial charge < -0.3 is 9.64 Å². The fraction of sp³-hybridized carbons (Fsp3) is 0.333. The zero-order chi connectivity index (χ0) is 17.8. The van der Waals surface area contributed by atoms with E-state index < -0.39 is 0 Å². The molecule has 1 amide bonds. The van der Waals surface area contributed by atoms with Crippen LogP contribution in [0.4, 0.5) is 0 Å². The second kappa shape index (κ2) is 7.51. The van der Waals surface area contributed by atoms with Crippen LogP contribution in [0.1, 0.15) is 47.2 Å². The largest absolute Gasteiger partial charge is 0.496 e. The molecule has 0 fully saturated rings.